The highest BCUT2D eigenvalue weighted by Gasteiger charge is 2.24. The van der Waals surface area contributed by atoms with Crippen molar-refractivity contribution in [3.05, 3.63) is 93.9 Å². The van der Waals surface area contributed by atoms with Gasteiger partial charge in [-0.1, -0.05) is 44.0 Å². The molecule has 2 aromatic rings. The number of esters is 1. The molecule has 2 aromatic carbocycles. The number of carbonyl (C=O) groups is 3. The summed E-state index contributed by atoms with van der Waals surface area (Å²) in [4.78, 5) is 41.9. The van der Waals surface area contributed by atoms with Gasteiger partial charge in [-0.25, -0.2) is 8.78 Å². The van der Waals surface area contributed by atoms with Gasteiger partial charge < -0.3 is 15.4 Å². The Morgan fingerprint density at radius 1 is 1.09 bits per heavy atom. The molecule has 0 aliphatic carbocycles. The summed E-state index contributed by atoms with van der Waals surface area (Å²) in [6.07, 6.45) is 11.0. The number of rotatable bonds is 11. The maximum Gasteiger partial charge on any atom is 0.308 e. The highest BCUT2D eigenvalue weighted by atomic mass is 19.2. The second kappa shape index (κ2) is 21.1. The van der Waals surface area contributed by atoms with E-state index in [2.05, 4.69) is 41.2 Å². The van der Waals surface area contributed by atoms with E-state index >= 15 is 0 Å². The third-order valence-corrected chi connectivity index (χ3v) is 6.35. The molecule has 0 bridgehead atoms. The molecule has 1 atom stereocenters. The van der Waals surface area contributed by atoms with Crippen LogP contribution in [0.2, 0.25) is 0 Å². The number of allylic oxidation sites excluding steroid dienone is 4. The number of carbonyl (C=O) groups excluding carboxylic acids is 3. The first-order valence-electron chi connectivity index (χ1n) is 15.2. The van der Waals surface area contributed by atoms with E-state index in [1.54, 1.807) is 19.2 Å². The molecule has 0 saturated carbocycles. The lowest BCUT2D eigenvalue weighted by atomic mass is 9.91. The van der Waals surface area contributed by atoms with E-state index < -0.39 is 23.6 Å². The van der Waals surface area contributed by atoms with E-state index in [1.807, 2.05) is 58.2 Å². The third-order valence-electron chi connectivity index (χ3n) is 6.35. The Balaban J connectivity index is 0.000000472. The number of nitrogens with zero attached hydrogens (tertiary/aromatic N) is 2. The topological polar surface area (TPSA) is 109 Å². The number of benzene rings is 2. The van der Waals surface area contributed by atoms with E-state index in [-0.39, 0.29) is 24.5 Å². The lowest BCUT2D eigenvalue weighted by Crippen LogP contribution is -2.25. The van der Waals surface area contributed by atoms with Crippen molar-refractivity contribution in [2.75, 3.05) is 13.2 Å². The number of halogens is 2. The summed E-state index contributed by atoms with van der Waals surface area (Å²) in [7, 11) is 0. The van der Waals surface area contributed by atoms with Gasteiger partial charge in [0.25, 0.3) is 5.91 Å². The van der Waals surface area contributed by atoms with Crippen LogP contribution in [0.4, 0.5) is 8.78 Å². The van der Waals surface area contributed by atoms with Gasteiger partial charge in [0.2, 0.25) is 6.41 Å². The molecule has 1 aliphatic rings. The van der Waals surface area contributed by atoms with Crippen molar-refractivity contribution in [1.82, 2.24) is 10.6 Å². The second-order valence-electron chi connectivity index (χ2n) is 10.4. The van der Waals surface area contributed by atoms with Gasteiger partial charge in [0, 0.05) is 30.9 Å². The first-order valence-corrected chi connectivity index (χ1v) is 15.2. The van der Waals surface area contributed by atoms with Gasteiger partial charge in [-0.2, -0.15) is 0 Å². The molecule has 1 unspecified atom stereocenters. The molecule has 248 valence electrons. The molecule has 0 spiro atoms. The summed E-state index contributed by atoms with van der Waals surface area (Å²) in [6, 6.07) is 5.50. The van der Waals surface area contributed by atoms with Crippen LogP contribution in [0, 0.1) is 32.4 Å². The first kappa shape index (κ1) is 39.3. The Hall–Kier alpha value is -4.73. The van der Waals surface area contributed by atoms with Gasteiger partial charge in [-0.05, 0) is 93.4 Å². The van der Waals surface area contributed by atoms with Crippen molar-refractivity contribution in [3.8, 4) is 11.1 Å². The van der Waals surface area contributed by atoms with Crippen molar-refractivity contribution in [2.45, 2.75) is 73.8 Å². The van der Waals surface area contributed by atoms with E-state index in [0.717, 1.165) is 40.3 Å². The van der Waals surface area contributed by atoms with Crippen LogP contribution in [0.25, 0.3) is 11.1 Å². The number of likely N-dealkylation sites (N-methyl/N-ethyl adjacent to an activating group) is 1. The van der Waals surface area contributed by atoms with Crippen molar-refractivity contribution < 1.29 is 27.9 Å². The van der Waals surface area contributed by atoms with Crippen molar-refractivity contribution in [3.63, 3.8) is 0 Å². The minimum Gasteiger partial charge on any atom is -0.466 e. The fourth-order valence-corrected chi connectivity index (χ4v) is 4.56. The van der Waals surface area contributed by atoms with Crippen LogP contribution in [0.15, 0.2) is 69.9 Å². The van der Waals surface area contributed by atoms with Gasteiger partial charge in [0.1, 0.15) is 5.70 Å². The predicted molar refractivity (Wildman–Crippen MR) is 182 cm³/mol. The predicted octanol–water partition coefficient (Wildman–Crippen LogP) is 7.34. The molecule has 0 fully saturated rings. The minimum absolute atomic E-state index is 0.0930. The molecular formula is C36H46F2N4O4. The maximum atomic E-state index is 14.5. The summed E-state index contributed by atoms with van der Waals surface area (Å²) < 4.78 is 33.7. The van der Waals surface area contributed by atoms with Crippen molar-refractivity contribution in [2.24, 2.45) is 9.98 Å². The summed E-state index contributed by atoms with van der Waals surface area (Å²) in [5.74, 6) is -2.94. The smallest absolute Gasteiger partial charge is 0.308 e. The van der Waals surface area contributed by atoms with Gasteiger partial charge in [-0.3, -0.25) is 24.4 Å². The molecule has 2 N–H and O–H groups in total. The lowest BCUT2D eigenvalue weighted by Gasteiger charge is -2.19. The van der Waals surface area contributed by atoms with Crippen LogP contribution in [-0.4, -0.2) is 44.4 Å². The normalized spacial score (nSPS) is 13.4. The molecule has 1 aliphatic heterocycles. The van der Waals surface area contributed by atoms with Crippen LogP contribution < -0.4 is 10.6 Å². The van der Waals surface area contributed by atoms with E-state index in [9.17, 15) is 23.2 Å². The molecule has 0 aromatic heterocycles. The Kier molecular flexibility index (Phi) is 18.0. The Morgan fingerprint density at radius 2 is 1.74 bits per heavy atom. The third kappa shape index (κ3) is 12.7. The van der Waals surface area contributed by atoms with Crippen LogP contribution >= 0.6 is 0 Å². The van der Waals surface area contributed by atoms with Crippen LogP contribution in [0.1, 0.15) is 75.3 Å². The zero-order valence-corrected chi connectivity index (χ0v) is 27.9. The SMILES string of the molecule is C=N/C(=C\C=C1\C=CN=CC1)C(=O)NCC.CCC.CCOC(=O)CC(NC=O)c1cc(-c2c(C)cc(C)cc2C)cc(F)c1F. The number of hydrogen-bond donors (Lipinski definition) is 2. The summed E-state index contributed by atoms with van der Waals surface area (Å²) in [5.41, 5.74) is 5.52. The van der Waals surface area contributed by atoms with E-state index in [0.29, 0.717) is 24.2 Å². The van der Waals surface area contributed by atoms with Gasteiger partial charge >= 0.3 is 5.97 Å². The zero-order chi connectivity index (χ0) is 34.6. The van der Waals surface area contributed by atoms with Crippen LogP contribution in [0.3, 0.4) is 0 Å². The van der Waals surface area contributed by atoms with Crippen molar-refractivity contribution >= 4 is 31.2 Å². The number of amides is 2. The fourth-order valence-electron chi connectivity index (χ4n) is 4.56. The monoisotopic (exact) mass is 636 g/mol. The quantitative estimate of drug-likeness (QED) is 0.116. The molecule has 0 radical (unpaired) electrons. The molecule has 8 nitrogen and oxygen atoms in total. The molecule has 10 heteroatoms. The largest absolute Gasteiger partial charge is 0.466 e. The van der Waals surface area contributed by atoms with Gasteiger partial charge in [-0.15, -0.1) is 0 Å². The molecular weight excluding hydrogens is 590 g/mol. The molecule has 1 heterocycles. The highest BCUT2D eigenvalue weighted by molar-refractivity contribution is 5.94. The standard InChI is InChI=1S/C21H23F2NO3.C12H15N3O.C3H8/c1-5-27-19(26)10-18(24-11-25)16-8-15(9-17(22)21(16)23)20-13(3)6-12(2)7-14(20)4;1-3-15-12(16)11(13-2)5-4-10-6-8-14-9-7-10;1-3-2/h6-9,11,18H,5,10H2,1-4H3,(H,24,25);4-6,8-9H,2-3,7H2,1H3,(H,15,16);3H2,1-2H3/b;10-4-,11-5-;. The maximum absolute atomic E-state index is 14.5. The Labute approximate surface area is 271 Å². The van der Waals surface area contributed by atoms with Gasteiger partial charge in [0.05, 0.1) is 19.1 Å². The average molecular weight is 637 g/mol. The van der Waals surface area contributed by atoms with E-state index in [1.165, 1.54) is 12.5 Å². The number of aliphatic imine (C=N–C) groups is 2. The van der Waals surface area contributed by atoms with Gasteiger partial charge in [0.15, 0.2) is 11.6 Å². The lowest BCUT2D eigenvalue weighted by molar-refractivity contribution is -0.143. The van der Waals surface area contributed by atoms with Crippen LogP contribution in [0.5, 0.6) is 0 Å². The number of nitrogens with one attached hydrogen (secondary N) is 2. The zero-order valence-electron chi connectivity index (χ0n) is 27.9. The molecule has 46 heavy (non-hydrogen) atoms. The van der Waals surface area contributed by atoms with E-state index in [4.69, 9.17) is 4.74 Å². The summed E-state index contributed by atoms with van der Waals surface area (Å²) in [6.45, 7) is 17.6. The second-order valence-corrected chi connectivity index (χ2v) is 10.4. The Bertz CT molecular complexity index is 1460. The molecule has 3 rings (SSSR count). The Morgan fingerprint density at radius 3 is 2.26 bits per heavy atom. The summed E-state index contributed by atoms with van der Waals surface area (Å²) in [5, 5.41) is 5.05. The number of ether oxygens (including phenoxy) is 1. The number of hydrogen-bond acceptors (Lipinski definition) is 6. The van der Waals surface area contributed by atoms with Crippen LogP contribution in [-0.2, 0) is 19.1 Å². The molecule has 2 amide bonds. The van der Waals surface area contributed by atoms with Crippen molar-refractivity contribution in [1.29, 1.82) is 0 Å². The minimum atomic E-state index is -1.09. The first-order chi connectivity index (χ1) is 22.0. The fraction of sp³-hybridized carbons (Fsp3) is 0.361. The average Bonchev–Trinajstić information content (AvgIpc) is 3.00. The summed E-state index contributed by atoms with van der Waals surface area (Å²) >= 11 is 0. The number of aryl methyl sites for hydroxylation is 3. The molecule has 0 saturated heterocycles. The highest BCUT2D eigenvalue weighted by Crippen LogP contribution is 2.33.